The van der Waals surface area contributed by atoms with Gasteiger partial charge in [-0.05, 0) is 74.0 Å². The van der Waals surface area contributed by atoms with E-state index in [9.17, 15) is 19.2 Å². The first-order valence-electron chi connectivity index (χ1n) is 14.7. The highest BCUT2D eigenvalue weighted by Crippen LogP contribution is 2.37. The van der Waals surface area contributed by atoms with Crippen LogP contribution in [0.3, 0.4) is 0 Å². The summed E-state index contributed by atoms with van der Waals surface area (Å²) in [5.74, 6) is 1.80. The molecule has 4 aliphatic rings. The summed E-state index contributed by atoms with van der Waals surface area (Å²) in [5, 5.41) is 5.85. The molecule has 2 N–H and O–H groups in total. The predicted molar refractivity (Wildman–Crippen MR) is 148 cm³/mol. The highest BCUT2D eigenvalue weighted by molar-refractivity contribution is 5.91. The van der Waals surface area contributed by atoms with Crippen molar-refractivity contribution >= 4 is 23.6 Å². The summed E-state index contributed by atoms with van der Waals surface area (Å²) >= 11 is 0. The first kappa shape index (κ1) is 28.2. The molecule has 4 aliphatic heterocycles. The van der Waals surface area contributed by atoms with Gasteiger partial charge in [0.2, 0.25) is 23.6 Å². The van der Waals surface area contributed by atoms with E-state index in [0.717, 1.165) is 36.8 Å². The third-order valence-corrected chi connectivity index (χ3v) is 8.99. The van der Waals surface area contributed by atoms with E-state index in [1.807, 2.05) is 15.9 Å². The normalized spacial score (nSPS) is 27.9. The lowest BCUT2D eigenvalue weighted by Gasteiger charge is -2.51. The molecule has 1 aromatic rings. The molecule has 10 heteroatoms. The van der Waals surface area contributed by atoms with Crippen LogP contribution in [0.2, 0.25) is 0 Å². The van der Waals surface area contributed by atoms with E-state index in [1.165, 1.54) is 0 Å². The molecule has 0 aliphatic carbocycles. The molecule has 0 radical (unpaired) electrons. The number of nitrogens with one attached hydrogen (secondary N) is 2. The van der Waals surface area contributed by atoms with Gasteiger partial charge in [-0.3, -0.25) is 19.2 Å². The minimum Gasteiger partial charge on any atom is -0.493 e. The zero-order valence-corrected chi connectivity index (χ0v) is 23.7. The molecular formula is C30H42N4O6. The molecule has 1 aromatic carbocycles. The van der Waals surface area contributed by atoms with E-state index in [2.05, 4.69) is 16.7 Å². The Labute approximate surface area is 236 Å². The molecule has 5 rings (SSSR count). The SMILES string of the molecule is COc1cc2cc(c1OC)CCCNC(=O)CCC[C@H]1[C@@H]3C[C@@H](CN(C(=O)[C@H]4CCC(=O)N4)C3)CN1C(=O)CC2. The van der Waals surface area contributed by atoms with E-state index < -0.39 is 6.04 Å². The molecule has 0 unspecified atom stereocenters. The van der Waals surface area contributed by atoms with Crippen LogP contribution in [0.25, 0.3) is 0 Å². The average molecular weight is 555 g/mol. The largest absolute Gasteiger partial charge is 0.493 e. The Balaban J connectivity index is 1.35. The van der Waals surface area contributed by atoms with Crippen molar-refractivity contribution in [1.82, 2.24) is 20.4 Å². The summed E-state index contributed by atoms with van der Waals surface area (Å²) in [6, 6.07) is 3.60. The number of amides is 4. The molecule has 4 amide bonds. The van der Waals surface area contributed by atoms with Gasteiger partial charge in [0.1, 0.15) is 6.04 Å². The maximum absolute atomic E-state index is 13.7. The zero-order chi connectivity index (χ0) is 28.2. The van der Waals surface area contributed by atoms with E-state index >= 15 is 0 Å². The van der Waals surface area contributed by atoms with Crippen LogP contribution >= 0.6 is 0 Å². The lowest BCUT2D eigenvalue weighted by molar-refractivity contribution is -0.146. The van der Waals surface area contributed by atoms with Crippen LogP contribution in [-0.4, -0.2) is 85.9 Å². The number of aryl methyl sites for hydroxylation is 2. The number of fused-ring (bicyclic) bond motifs is 6. The quantitative estimate of drug-likeness (QED) is 0.589. The van der Waals surface area contributed by atoms with Gasteiger partial charge in [-0.2, -0.15) is 0 Å². The van der Waals surface area contributed by atoms with Crippen molar-refractivity contribution in [3.05, 3.63) is 23.3 Å². The molecule has 3 saturated heterocycles. The monoisotopic (exact) mass is 554 g/mol. The van der Waals surface area contributed by atoms with Crippen LogP contribution in [-0.2, 0) is 32.0 Å². The molecule has 218 valence electrons. The number of ether oxygens (including phenoxy) is 2. The minimum absolute atomic E-state index is 0.00262. The molecule has 10 nitrogen and oxygen atoms in total. The third kappa shape index (κ3) is 6.20. The summed E-state index contributed by atoms with van der Waals surface area (Å²) in [4.78, 5) is 55.2. The first-order valence-corrected chi connectivity index (χ1v) is 14.7. The molecule has 4 bridgehead atoms. The molecular weight excluding hydrogens is 512 g/mol. The van der Waals surface area contributed by atoms with Crippen LogP contribution < -0.4 is 20.1 Å². The van der Waals surface area contributed by atoms with Gasteiger partial charge in [-0.1, -0.05) is 6.07 Å². The Bertz CT molecular complexity index is 1140. The zero-order valence-electron chi connectivity index (χ0n) is 23.7. The molecule has 4 heterocycles. The van der Waals surface area contributed by atoms with E-state index in [0.29, 0.717) is 76.2 Å². The molecule has 0 spiro atoms. The number of nitrogens with zero attached hydrogens (tertiary/aromatic N) is 2. The number of rotatable bonds is 3. The van der Waals surface area contributed by atoms with Gasteiger partial charge in [0.05, 0.1) is 14.2 Å². The van der Waals surface area contributed by atoms with Gasteiger partial charge in [-0.15, -0.1) is 0 Å². The second-order valence-corrected chi connectivity index (χ2v) is 11.7. The van der Waals surface area contributed by atoms with Crippen LogP contribution in [0.4, 0.5) is 0 Å². The fourth-order valence-corrected chi connectivity index (χ4v) is 7.10. The third-order valence-electron chi connectivity index (χ3n) is 8.99. The number of benzene rings is 1. The van der Waals surface area contributed by atoms with Crippen LogP contribution in [0.5, 0.6) is 11.5 Å². The van der Waals surface area contributed by atoms with Crippen molar-refractivity contribution in [3.8, 4) is 11.5 Å². The number of carbonyl (C=O) groups is 4. The van der Waals surface area contributed by atoms with Gasteiger partial charge < -0.3 is 29.9 Å². The van der Waals surface area contributed by atoms with Crippen molar-refractivity contribution in [2.75, 3.05) is 40.4 Å². The topological polar surface area (TPSA) is 117 Å². The highest BCUT2D eigenvalue weighted by atomic mass is 16.5. The number of carbonyl (C=O) groups excluding carboxylic acids is 4. The number of methoxy groups -OCH3 is 2. The maximum Gasteiger partial charge on any atom is 0.245 e. The van der Waals surface area contributed by atoms with E-state index in [-0.39, 0.29) is 41.5 Å². The van der Waals surface area contributed by atoms with Gasteiger partial charge in [0.15, 0.2) is 11.5 Å². The van der Waals surface area contributed by atoms with Crippen molar-refractivity contribution in [2.45, 2.75) is 76.3 Å². The van der Waals surface area contributed by atoms with E-state index in [4.69, 9.17) is 9.47 Å². The Hall–Kier alpha value is -3.30. The Morgan fingerprint density at radius 3 is 2.50 bits per heavy atom. The van der Waals surface area contributed by atoms with Gasteiger partial charge in [0, 0.05) is 51.5 Å². The number of hydrogen-bond donors (Lipinski definition) is 2. The first-order chi connectivity index (χ1) is 19.4. The number of piperidine rings is 2. The molecule has 40 heavy (non-hydrogen) atoms. The van der Waals surface area contributed by atoms with Gasteiger partial charge in [0.25, 0.3) is 0 Å². The fourth-order valence-electron chi connectivity index (χ4n) is 7.10. The van der Waals surface area contributed by atoms with E-state index in [1.54, 1.807) is 14.2 Å². The summed E-state index contributed by atoms with van der Waals surface area (Å²) in [7, 11) is 3.25. The Kier molecular flexibility index (Phi) is 8.81. The summed E-state index contributed by atoms with van der Waals surface area (Å²) in [6.07, 6.45) is 6.26. The lowest BCUT2D eigenvalue weighted by atomic mass is 9.77. The molecule has 3 fully saturated rings. The van der Waals surface area contributed by atoms with Crippen LogP contribution in [0, 0.1) is 11.8 Å². The van der Waals surface area contributed by atoms with Crippen LogP contribution in [0.15, 0.2) is 12.1 Å². The smallest absolute Gasteiger partial charge is 0.245 e. The minimum atomic E-state index is -0.434. The number of hydrogen-bond acceptors (Lipinski definition) is 6. The lowest BCUT2D eigenvalue weighted by Crippen LogP contribution is -2.61. The Morgan fingerprint density at radius 1 is 0.900 bits per heavy atom. The second kappa shape index (κ2) is 12.5. The second-order valence-electron chi connectivity index (χ2n) is 11.7. The van der Waals surface area contributed by atoms with Crippen molar-refractivity contribution in [3.63, 3.8) is 0 Å². The number of likely N-dealkylation sites (tertiary alicyclic amines) is 1. The van der Waals surface area contributed by atoms with Crippen LogP contribution in [0.1, 0.15) is 62.5 Å². The summed E-state index contributed by atoms with van der Waals surface area (Å²) in [6.45, 7) is 2.40. The van der Waals surface area contributed by atoms with Crippen molar-refractivity contribution in [1.29, 1.82) is 0 Å². The molecule has 0 saturated carbocycles. The maximum atomic E-state index is 13.7. The fraction of sp³-hybridized carbons (Fsp3) is 0.667. The van der Waals surface area contributed by atoms with Gasteiger partial charge in [-0.25, -0.2) is 0 Å². The summed E-state index contributed by atoms with van der Waals surface area (Å²) in [5.41, 5.74) is 2.04. The Morgan fingerprint density at radius 2 is 1.75 bits per heavy atom. The standard InChI is InChI=1S/C30H42N4O6/c1-39-25-15-19-8-11-28(37)34-17-20-14-22(18-33(16-20)30(38)23-9-10-27(36)32-23)24(34)6-3-7-26(35)31-12-4-5-21(13-19)29(25)40-2/h13,15,20,22-24H,3-12,14,16-18H2,1-2H3,(H,31,35)(H,32,36)/t20-,22+,23+,24-/m0/s1. The van der Waals surface area contributed by atoms with Crippen molar-refractivity contribution in [2.24, 2.45) is 11.8 Å². The van der Waals surface area contributed by atoms with Gasteiger partial charge >= 0.3 is 0 Å². The molecule has 4 atom stereocenters. The summed E-state index contributed by atoms with van der Waals surface area (Å²) < 4.78 is 11.2. The predicted octanol–water partition coefficient (Wildman–Crippen LogP) is 1.82. The average Bonchev–Trinajstić information content (AvgIpc) is 3.39. The van der Waals surface area contributed by atoms with Crippen molar-refractivity contribution < 1.29 is 28.7 Å². The highest BCUT2D eigenvalue weighted by Gasteiger charge is 2.44. The molecule has 0 aromatic heterocycles.